The Labute approximate surface area is 107 Å². The van der Waals surface area contributed by atoms with Crippen LogP contribution in [0.15, 0.2) is 24.5 Å². The van der Waals surface area contributed by atoms with Gasteiger partial charge in [-0.25, -0.2) is 0 Å². The van der Waals surface area contributed by atoms with E-state index >= 15 is 0 Å². The molecule has 2 fully saturated rings. The third kappa shape index (κ3) is 1.79. The molecule has 1 unspecified atom stereocenters. The number of nitrogens with zero attached hydrogens (tertiary/aromatic N) is 3. The van der Waals surface area contributed by atoms with Crippen molar-refractivity contribution in [3.05, 3.63) is 24.5 Å². The van der Waals surface area contributed by atoms with E-state index in [4.69, 9.17) is 0 Å². The van der Waals surface area contributed by atoms with Crippen molar-refractivity contribution in [1.82, 2.24) is 15.2 Å². The molecule has 0 aliphatic carbocycles. The summed E-state index contributed by atoms with van der Waals surface area (Å²) in [5, 5.41) is 3.40. The lowest BCUT2D eigenvalue weighted by molar-refractivity contribution is -0.123. The van der Waals surface area contributed by atoms with Gasteiger partial charge in [-0.05, 0) is 32.1 Å². The number of carbonyl (C=O) groups excluding carboxylic acids is 1. The molecule has 0 saturated carbocycles. The summed E-state index contributed by atoms with van der Waals surface area (Å²) in [6.07, 6.45) is 4.59. The molecule has 1 amide bonds. The number of likely N-dealkylation sites (N-methyl/N-ethyl adjacent to an activating group) is 1. The molecule has 1 aromatic rings. The van der Waals surface area contributed by atoms with E-state index in [-0.39, 0.29) is 11.4 Å². The van der Waals surface area contributed by atoms with Gasteiger partial charge < -0.3 is 10.2 Å². The van der Waals surface area contributed by atoms with E-state index in [0.29, 0.717) is 6.54 Å². The molecular weight excluding hydrogens is 228 g/mol. The van der Waals surface area contributed by atoms with Crippen LogP contribution in [0.25, 0.3) is 0 Å². The number of carbonyl (C=O) groups is 1. The topological polar surface area (TPSA) is 48.5 Å². The average Bonchev–Trinajstić information content (AvgIpc) is 2.85. The molecule has 1 atom stereocenters. The standard InChI is InChI=1S/C13H18N4O/c1-16-8-12(18)17(11-3-2-5-14-7-11)10-13(16)4-6-15-9-13/h2-3,5,7,15H,4,6,8-10H2,1H3. The van der Waals surface area contributed by atoms with E-state index in [1.807, 2.05) is 24.1 Å². The highest BCUT2D eigenvalue weighted by molar-refractivity contribution is 5.95. The smallest absolute Gasteiger partial charge is 0.241 e. The van der Waals surface area contributed by atoms with E-state index in [0.717, 1.165) is 31.7 Å². The van der Waals surface area contributed by atoms with Gasteiger partial charge in [-0.2, -0.15) is 0 Å². The Balaban J connectivity index is 1.89. The van der Waals surface area contributed by atoms with Crippen molar-refractivity contribution in [3.63, 3.8) is 0 Å². The summed E-state index contributed by atoms with van der Waals surface area (Å²) in [4.78, 5) is 20.4. The van der Waals surface area contributed by atoms with Gasteiger partial charge in [0.15, 0.2) is 0 Å². The van der Waals surface area contributed by atoms with Crippen molar-refractivity contribution >= 4 is 11.6 Å². The zero-order valence-corrected chi connectivity index (χ0v) is 10.6. The van der Waals surface area contributed by atoms with Crippen molar-refractivity contribution in [2.24, 2.45) is 0 Å². The predicted octanol–water partition coefficient (Wildman–Crippen LogP) is 0.0921. The lowest BCUT2D eigenvalue weighted by atomic mass is 9.93. The second-order valence-corrected chi connectivity index (χ2v) is 5.20. The van der Waals surface area contributed by atoms with Gasteiger partial charge in [-0.3, -0.25) is 14.7 Å². The van der Waals surface area contributed by atoms with Gasteiger partial charge in [0, 0.05) is 19.3 Å². The number of aromatic nitrogens is 1. The molecule has 0 bridgehead atoms. The molecule has 0 aromatic carbocycles. The van der Waals surface area contributed by atoms with Gasteiger partial charge in [0.05, 0.1) is 24.0 Å². The highest BCUT2D eigenvalue weighted by Crippen LogP contribution is 2.29. The number of hydrogen-bond acceptors (Lipinski definition) is 4. The van der Waals surface area contributed by atoms with Crippen LogP contribution < -0.4 is 10.2 Å². The molecule has 1 spiro atoms. The summed E-state index contributed by atoms with van der Waals surface area (Å²) in [6, 6.07) is 3.83. The van der Waals surface area contributed by atoms with E-state index in [1.54, 1.807) is 12.4 Å². The Hall–Kier alpha value is -1.46. The number of amides is 1. The Morgan fingerprint density at radius 1 is 1.50 bits per heavy atom. The van der Waals surface area contributed by atoms with Crippen molar-refractivity contribution < 1.29 is 4.79 Å². The maximum Gasteiger partial charge on any atom is 0.241 e. The number of pyridine rings is 1. The first-order chi connectivity index (χ1) is 8.71. The van der Waals surface area contributed by atoms with Crippen molar-refractivity contribution in [1.29, 1.82) is 0 Å². The molecule has 1 N–H and O–H groups in total. The molecule has 96 valence electrons. The van der Waals surface area contributed by atoms with E-state index in [9.17, 15) is 4.79 Å². The zero-order valence-electron chi connectivity index (χ0n) is 10.6. The molecular formula is C13H18N4O. The van der Waals surface area contributed by atoms with Crippen LogP contribution in [-0.2, 0) is 4.79 Å². The van der Waals surface area contributed by atoms with Crippen LogP contribution in [0, 0.1) is 0 Å². The fourth-order valence-electron chi connectivity index (χ4n) is 2.90. The van der Waals surface area contributed by atoms with Crippen molar-refractivity contribution in [2.75, 3.05) is 38.1 Å². The van der Waals surface area contributed by atoms with Gasteiger partial charge in [0.1, 0.15) is 0 Å². The van der Waals surface area contributed by atoms with Gasteiger partial charge in [-0.15, -0.1) is 0 Å². The van der Waals surface area contributed by atoms with Crippen molar-refractivity contribution in [3.8, 4) is 0 Å². The lowest BCUT2D eigenvalue weighted by Gasteiger charge is -2.46. The Kier molecular flexibility index (Phi) is 2.80. The lowest BCUT2D eigenvalue weighted by Crippen LogP contribution is -2.64. The quantitative estimate of drug-likeness (QED) is 0.763. The molecule has 5 nitrogen and oxygen atoms in total. The molecule has 0 radical (unpaired) electrons. The Morgan fingerprint density at radius 2 is 2.39 bits per heavy atom. The molecule has 3 rings (SSSR count). The monoisotopic (exact) mass is 246 g/mol. The highest BCUT2D eigenvalue weighted by Gasteiger charge is 2.45. The van der Waals surface area contributed by atoms with E-state index in [1.165, 1.54) is 0 Å². The summed E-state index contributed by atoms with van der Waals surface area (Å²) in [7, 11) is 2.05. The number of rotatable bonds is 1. The van der Waals surface area contributed by atoms with E-state index in [2.05, 4.69) is 15.2 Å². The minimum absolute atomic E-state index is 0.0871. The van der Waals surface area contributed by atoms with Crippen molar-refractivity contribution in [2.45, 2.75) is 12.0 Å². The minimum atomic E-state index is 0.0871. The Morgan fingerprint density at radius 3 is 3.06 bits per heavy atom. The molecule has 5 heteroatoms. The van der Waals surface area contributed by atoms with Crippen LogP contribution in [0.2, 0.25) is 0 Å². The number of piperazine rings is 1. The molecule has 1 aromatic heterocycles. The summed E-state index contributed by atoms with van der Waals surface area (Å²) in [5.41, 5.74) is 0.992. The third-order valence-electron chi connectivity index (χ3n) is 4.11. The van der Waals surface area contributed by atoms with Gasteiger partial charge in [-0.1, -0.05) is 0 Å². The molecule has 2 aliphatic heterocycles. The normalized spacial score (nSPS) is 29.2. The zero-order chi connectivity index (χ0) is 12.6. The summed E-state index contributed by atoms with van der Waals surface area (Å²) < 4.78 is 0. The maximum absolute atomic E-state index is 12.2. The second-order valence-electron chi connectivity index (χ2n) is 5.20. The fourth-order valence-corrected chi connectivity index (χ4v) is 2.90. The fraction of sp³-hybridized carbons (Fsp3) is 0.538. The van der Waals surface area contributed by atoms with E-state index < -0.39 is 0 Å². The molecule has 3 heterocycles. The molecule has 2 saturated heterocycles. The second kappa shape index (κ2) is 4.33. The van der Waals surface area contributed by atoms with Gasteiger partial charge in [0.25, 0.3) is 0 Å². The van der Waals surface area contributed by atoms with Gasteiger partial charge >= 0.3 is 0 Å². The first-order valence-electron chi connectivity index (χ1n) is 6.34. The summed E-state index contributed by atoms with van der Waals surface area (Å²) in [5.74, 6) is 0.156. The summed E-state index contributed by atoms with van der Waals surface area (Å²) >= 11 is 0. The number of hydrogen-bond donors (Lipinski definition) is 1. The first-order valence-corrected chi connectivity index (χ1v) is 6.34. The first kappa shape index (κ1) is 11.6. The third-order valence-corrected chi connectivity index (χ3v) is 4.11. The van der Waals surface area contributed by atoms with Crippen LogP contribution in [0.3, 0.4) is 0 Å². The highest BCUT2D eigenvalue weighted by atomic mass is 16.2. The van der Waals surface area contributed by atoms with Crippen LogP contribution in [0.4, 0.5) is 5.69 Å². The largest absolute Gasteiger partial charge is 0.315 e. The minimum Gasteiger partial charge on any atom is -0.315 e. The molecule has 18 heavy (non-hydrogen) atoms. The average molecular weight is 246 g/mol. The van der Waals surface area contributed by atoms with Crippen LogP contribution in [0.1, 0.15) is 6.42 Å². The number of anilines is 1. The van der Waals surface area contributed by atoms with Crippen LogP contribution in [-0.4, -0.2) is 54.6 Å². The maximum atomic E-state index is 12.2. The molecule has 2 aliphatic rings. The summed E-state index contributed by atoms with van der Waals surface area (Å²) in [6.45, 7) is 3.21. The van der Waals surface area contributed by atoms with Crippen LogP contribution >= 0.6 is 0 Å². The predicted molar refractivity (Wildman–Crippen MR) is 69.4 cm³/mol. The van der Waals surface area contributed by atoms with Gasteiger partial charge in [0.2, 0.25) is 5.91 Å². The number of nitrogens with one attached hydrogen (secondary N) is 1. The Bertz CT molecular complexity index is 442. The van der Waals surface area contributed by atoms with Crippen LogP contribution in [0.5, 0.6) is 0 Å². The SMILES string of the molecule is CN1CC(=O)N(c2cccnc2)CC12CCNC2.